The Morgan fingerprint density at radius 1 is 0.353 bits per heavy atom. The lowest BCUT2D eigenvalue weighted by Gasteiger charge is -2.27. The quantitative estimate of drug-likeness (QED) is 0.177. The van der Waals surface area contributed by atoms with E-state index in [-0.39, 0.29) is 0 Å². The van der Waals surface area contributed by atoms with Gasteiger partial charge in [-0.25, -0.2) is 0 Å². The lowest BCUT2D eigenvalue weighted by atomic mass is 9.98. The summed E-state index contributed by atoms with van der Waals surface area (Å²) in [6.45, 7) is 0. The molecule has 0 saturated heterocycles. The van der Waals surface area contributed by atoms with Gasteiger partial charge < -0.3 is 13.9 Å². The van der Waals surface area contributed by atoms with E-state index in [2.05, 4.69) is 179 Å². The topological polar surface area (TPSA) is 21.3 Å². The van der Waals surface area contributed by atoms with Crippen LogP contribution in [0.15, 0.2) is 186 Å². The first kappa shape index (κ1) is 28.0. The Morgan fingerprint density at radius 2 is 1.00 bits per heavy atom. The molecule has 0 saturated carbocycles. The van der Waals surface area contributed by atoms with Gasteiger partial charge in [0.15, 0.2) is 0 Å². The fraction of sp³-hybridized carbons (Fsp3) is 0. The fourth-order valence-electron chi connectivity index (χ4n) is 8.18. The molecule has 0 N–H and O–H groups in total. The summed E-state index contributed by atoms with van der Waals surface area (Å²) in [7, 11) is 0. The van der Waals surface area contributed by atoms with Crippen LogP contribution in [0.5, 0.6) is 0 Å². The van der Waals surface area contributed by atoms with Gasteiger partial charge in [-0.05, 0) is 93.7 Å². The molecule has 0 atom stereocenters. The van der Waals surface area contributed by atoms with Gasteiger partial charge in [0.05, 0.1) is 16.7 Å². The van der Waals surface area contributed by atoms with Crippen molar-refractivity contribution in [2.75, 3.05) is 4.90 Å². The molecule has 0 aliphatic heterocycles. The van der Waals surface area contributed by atoms with Gasteiger partial charge >= 0.3 is 0 Å². The Balaban J connectivity index is 1.20. The van der Waals surface area contributed by atoms with Crippen molar-refractivity contribution < 1.29 is 4.42 Å². The minimum absolute atomic E-state index is 0.915. The standard InChI is InChI=1S/C48H30N2O/c1-2-13-34(14-3-1)50-45-18-8-6-16-38(45)39-26-25-36(29-46(39)50)49(44-19-10-12-31-11-4-5-15-37(31)44)35-24-23-32-21-22-33-27-48-43(30-42(33)41(32)28-35)40-17-7-9-20-47(40)51-48/h1-30H. The second-order valence-corrected chi connectivity index (χ2v) is 13.4. The summed E-state index contributed by atoms with van der Waals surface area (Å²) in [5.41, 5.74) is 8.68. The Morgan fingerprint density at radius 3 is 1.92 bits per heavy atom. The Kier molecular flexibility index (Phi) is 5.96. The predicted molar refractivity (Wildman–Crippen MR) is 215 cm³/mol. The number of anilines is 3. The number of nitrogens with zero attached hydrogens (tertiary/aromatic N) is 2. The van der Waals surface area contributed by atoms with Crippen molar-refractivity contribution >= 4 is 93.1 Å². The van der Waals surface area contributed by atoms with Crippen LogP contribution in [-0.4, -0.2) is 4.57 Å². The third-order valence-electron chi connectivity index (χ3n) is 10.5. The average molecular weight is 651 g/mol. The van der Waals surface area contributed by atoms with Crippen molar-refractivity contribution in [2.45, 2.75) is 0 Å². The molecule has 0 fully saturated rings. The number of fused-ring (bicyclic) bond motifs is 10. The number of hydrogen-bond acceptors (Lipinski definition) is 2. The van der Waals surface area contributed by atoms with Crippen molar-refractivity contribution in [2.24, 2.45) is 0 Å². The zero-order chi connectivity index (χ0) is 33.5. The zero-order valence-electron chi connectivity index (χ0n) is 27.6. The summed E-state index contributed by atoms with van der Waals surface area (Å²) in [5.74, 6) is 0. The van der Waals surface area contributed by atoms with Crippen LogP contribution in [0.2, 0.25) is 0 Å². The number of para-hydroxylation sites is 3. The first-order valence-electron chi connectivity index (χ1n) is 17.4. The van der Waals surface area contributed by atoms with Crippen LogP contribution in [0.3, 0.4) is 0 Å². The van der Waals surface area contributed by atoms with Crippen LogP contribution in [0.25, 0.3) is 81.7 Å². The van der Waals surface area contributed by atoms with Crippen LogP contribution < -0.4 is 4.90 Å². The highest BCUT2D eigenvalue weighted by Crippen LogP contribution is 2.44. The molecule has 238 valence electrons. The molecule has 2 aromatic heterocycles. The van der Waals surface area contributed by atoms with E-state index >= 15 is 0 Å². The number of furan rings is 1. The maximum Gasteiger partial charge on any atom is 0.136 e. The van der Waals surface area contributed by atoms with Crippen LogP contribution >= 0.6 is 0 Å². The minimum Gasteiger partial charge on any atom is -0.456 e. The van der Waals surface area contributed by atoms with Gasteiger partial charge in [-0.3, -0.25) is 0 Å². The summed E-state index contributed by atoms with van der Waals surface area (Å²) >= 11 is 0. The molecule has 0 aliphatic carbocycles. The predicted octanol–water partition coefficient (Wildman–Crippen LogP) is 13.6. The van der Waals surface area contributed by atoms with E-state index in [1.807, 2.05) is 12.1 Å². The third-order valence-corrected chi connectivity index (χ3v) is 10.5. The first-order chi connectivity index (χ1) is 25.3. The molecule has 11 rings (SSSR count). The number of rotatable bonds is 4. The van der Waals surface area contributed by atoms with E-state index in [1.54, 1.807) is 0 Å². The van der Waals surface area contributed by atoms with Crippen LogP contribution in [0.4, 0.5) is 17.1 Å². The number of hydrogen-bond donors (Lipinski definition) is 0. The normalized spacial score (nSPS) is 11.9. The maximum atomic E-state index is 6.28. The largest absolute Gasteiger partial charge is 0.456 e. The SMILES string of the molecule is c1ccc(-n2c3ccccc3c3ccc(N(c4ccc5ccc6cc7oc8ccccc8c7cc6c5c4)c4cccc5ccccc45)cc32)cc1. The molecule has 3 nitrogen and oxygen atoms in total. The Hall–Kier alpha value is -6.84. The molecule has 0 unspecified atom stereocenters. The van der Waals surface area contributed by atoms with Gasteiger partial charge in [-0.2, -0.15) is 0 Å². The second-order valence-electron chi connectivity index (χ2n) is 13.4. The molecule has 9 aromatic carbocycles. The van der Waals surface area contributed by atoms with Crippen LogP contribution in [-0.2, 0) is 0 Å². The summed E-state index contributed by atoms with van der Waals surface area (Å²) in [5, 5.41) is 12.0. The molecule has 0 radical (unpaired) electrons. The van der Waals surface area contributed by atoms with E-state index in [9.17, 15) is 0 Å². The maximum absolute atomic E-state index is 6.28. The fourth-order valence-corrected chi connectivity index (χ4v) is 8.18. The molecule has 2 heterocycles. The molecule has 0 amide bonds. The number of aromatic nitrogens is 1. The lowest BCUT2D eigenvalue weighted by molar-refractivity contribution is 0.669. The van der Waals surface area contributed by atoms with Gasteiger partial charge in [0.25, 0.3) is 0 Å². The molecule has 0 bridgehead atoms. The van der Waals surface area contributed by atoms with Crippen molar-refractivity contribution in [1.82, 2.24) is 4.57 Å². The van der Waals surface area contributed by atoms with Gasteiger partial charge in [-0.15, -0.1) is 0 Å². The molecule has 51 heavy (non-hydrogen) atoms. The van der Waals surface area contributed by atoms with E-state index in [4.69, 9.17) is 4.42 Å². The van der Waals surface area contributed by atoms with Gasteiger partial charge in [-0.1, -0.05) is 115 Å². The Labute approximate surface area is 293 Å². The van der Waals surface area contributed by atoms with E-state index < -0.39 is 0 Å². The monoisotopic (exact) mass is 650 g/mol. The van der Waals surface area contributed by atoms with E-state index in [0.29, 0.717) is 0 Å². The molecule has 11 aromatic rings. The number of benzene rings is 9. The molecule has 3 heteroatoms. The highest BCUT2D eigenvalue weighted by atomic mass is 16.3. The van der Waals surface area contributed by atoms with Crippen molar-refractivity contribution in [3.8, 4) is 5.69 Å². The molecule has 0 aliphatic rings. The molecular weight excluding hydrogens is 621 g/mol. The minimum atomic E-state index is 0.915. The second kappa shape index (κ2) is 10.8. The van der Waals surface area contributed by atoms with E-state index in [0.717, 1.165) is 50.1 Å². The average Bonchev–Trinajstić information content (AvgIpc) is 3.72. The third kappa shape index (κ3) is 4.25. The summed E-state index contributed by atoms with van der Waals surface area (Å²) in [4.78, 5) is 2.43. The summed E-state index contributed by atoms with van der Waals surface area (Å²) in [6, 6.07) is 65.8. The van der Waals surface area contributed by atoms with Crippen molar-refractivity contribution in [1.29, 1.82) is 0 Å². The lowest BCUT2D eigenvalue weighted by Crippen LogP contribution is -2.10. The Bertz CT molecular complexity index is 3150. The first-order valence-corrected chi connectivity index (χ1v) is 17.4. The van der Waals surface area contributed by atoms with Crippen molar-refractivity contribution in [3.63, 3.8) is 0 Å². The van der Waals surface area contributed by atoms with Crippen LogP contribution in [0, 0.1) is 0 Å². The smallest absolute Gasteiger partial charge is 0.136 e. The highest BCUT2D eigenvalue weighted by molar-refractivity contribution is 6.17. The molecule has 0 spiro atoms. The van der Waals surface area contributed by atoms with Gasteiger partial charge in [0.1, 0.15) is 11.2 Å². The highest BCUT2D eigenvalue weighted by Gasteiger charge is 2.20. The van der Waals surface area contributed by atoms with E-state index in [1.165, 1.54) is 48.7 Å². The van der Waals surface area contributed by atoms with Crippen molar-refractivity contribution in [3.05, 3.63) is 182 Å². The van der Waals surface area contributed by atoms with Crippen LogP contribution in [0.1, 0.15) is 0 Å². The zero-order valence-corrected chi connectivity index (χ0v) is 27.6. The molecular formula is C48H30N2O. The summed E-state index contributed by atoms with van der Waals surface area (Å²) in [6.07, 6.45) is 0. The van der Waals surface area contributed by atoms with Gasteiger partial charge in [0.2, 0.25) is 0 Å². The van der Waals surface area contributed by atoms with Gasteiger partial charge in [0, 0.05) is 44.0 Å². The summed E-state index contributed by atoms with van der Waals surface area (Å²) < 4.78 is 8.67.